The molecule has 196 valence electrons. The van der Waals surface area contributed by atoms with Crippen molar-refractivity contribution in [1.29, 1.82) is 0 Å². The lowest BCUT2D eigenvalue weighted by Gasteiger charge is -2.29. The number of thiazole rings is 1. The average molecular weight is 551 g/mol. The van der Waals surface area contributed by atoms with Crippen LogP contribution in [-0.4, -0.2) is 83.0 Å². The molecule has 1 aromatic heterocycles. The summed E-state index contributed by atoms with van der Waals surface area (Å²) in [6.45, 7) is -0.438. The van der Waals surface area contributed by atoms with Gasteiger partial charge in [0.2, 0.25) is 10.0 Å². The molecule has 0 saturated carbocycles. The zero-order chi connectivity index (χ0) is 27.1. The fourth-order valence-corrected chi connectivity index (χ4v) is 5.55. The van der Waals surface area contributed by atoms with Gasteiger partial charge in [-0.25, -0.2) is 37.0 Å². The number of nitrogen functional groups attached to an aromatic ring is 1. The van der Waals surface area contributed by atoms with E-state index in [0.717, 1.165) is 17.6 Å². The maximum atomic E-state index is 13.3. The number of benzene rings is 1. The molecule has 1 unspecified atom stereocenters. The van der Waals surface area contributed by atoms with Crippen molar-refractivity contribution in [3.63, 3.8) is 0 Å². The highest BCUT2D eigenvalue weighted by molar-refractivity contribution is 7.88. The van der Waals surface area contributed by atoms with Crippen LogP contribution in [0.4, 0.5) is 14.7 Å². The second-order valence-corrected chi connectivity index (χ2v) is 11.3. The lowest BCUT2D eigenvalue weighted by Crippen LogP contribution is -2.47. The van der Waals surface area contributed by atoms with Gasteiger partial charge in [-0.15, -0.1) is 11.3 Å². The summed E-state index contributed by atoms with van der Waals surface area (Å²) >= 11 is 1.02. The molecule has 14 nitrogen and oxygen atoms in total. The standard InChI is InChI=1S/C20H22BN5O9S2/c1-37(33,34)26-6-5-25(20(26)31)19(30)24-15(13-9-36-18(22)23-13)14(27)8-11-7-10-3-2-4-12(17(28)29)16(10)35-21(11)32/h2-4,9,11,15,32H,5-8H2,1H3,(H2,22,23)(H,24,30)(H,28,29)/t11-,15?/m1/s1. The number of carboxylic acids is 1. The van der Waals surface area contributed by atoms with Crippen molar-refractivity contribution in [2.75, 3.05) is 25.1 Å². The number of aromatic carboxylic acids is 1. The van der Waals surface area contributed by atoms with E-state index in [1.807, 2.05) is 0 Å². The molecule has 0 aliphatic carbocycles. The van der Waals surface area contributed by atoms with Gasteiger partial charge in [0.05, 0.1) is 30.6 Å². The number of nitrogens with zero attached hydrogens (tertiary/aromatic N) is 3. The van der Waals surface area contributed by atoms with Crippen molar-refractivity contribution in [2.45, 2.75) is 24.7 Å². The molecule has 17 heteroatoms. The van der Waals surface area contributed by atoms with Gasteiger partial charge in [-0.3, -0.25) is 4.79 Å². The number of carbonyl (C=O) groups is 4. The molecule has 1 aromatic carbocycles. The van der Waals surface area contributed by atoms with Gasteiger partial charge in [0.15, 0.2) is 10.9 Å². The van der Waals surface area contributed by atoms with Gasteiger partial charge in [0.25, 0.3) is 0 Å². The number of carbonyl (C=O) groups excluding carboxylic acids is 3. The third kappa shape index (κ3) is 5.37. The number of nitrogens with two attached hydrogens (primary N) is 1. The highest BCUT2D eigenvalue weighted by atomic mass is 32.2. The second-order valence-electron chi connectivity index (χ2n) is 8.50. The first-order valence-electron chi connectivity index (χ1n) is 10.9. The number of para-hydroxylation sites is 1. The number of amides is 4. The van der Waals surface area contributed by atoms with Crippen LogP contribution in [0.25, 0.3) is 0 Å². The summed E-state index contributed by atoms with van der Waals surface area (Å²) in [5, 5.41) is 23.9. The molecule has 0 radical (unpaired) electrons. The number of ketones is 1. The lowest BCUT2D eigenvalue weighted by atomic mass is 9.64. The van der Waals surface area contributed by atoms with Gasteiger partial charge in [-0.05, 0) is 18.1 Å². The van der Waals surface area contributed by atoms with Crippen molar-refractivity contribution < 1.29 is 42.4 Å². The predicted molar refractivity (Wildman–Crippen MR) is 131 cm³/mol. The molecule has 0 bridgehead atoms. The van der Waals surface area contributed by atoms with Gasteiger partial charge >= 0.3 is 25.1 Å². The van der Waals surface area contributed by atoms with Crippen LogP contribution < -0.4 is 15.7 Å². The van der Waals surface area contributed by atoms with E-state index in [4.69, 9.17) is 10.4 Å². The maximum Gasteiger partial charge on any atom is 0.526 e. The van der Waals surface area contributed by atoms with Crippen LogP contribution in [-0.2, 0) is 21.2 Å². The van der Waals surface area contributed by atoms with Crippen LogP contribution in [0.3, 0.4) is 0 Å². The number of imide groups is 1. The Morgan fingerprint density at radius 1 is 1.35 bits per heavy atom. The Morgan fingerprint density at radius 2 is 2.08 bits per heavy atom. The van der Waals surface area contributed by atoms with Crippen molar-refractivity contribution in [2.24, 2.45) is 0 Å². The Kier molecular flexibility index (Phi) is 7.12. The Bertz CT molecular complexity index is 1380. The number of hydrogen-bond donors (Lipinski definition) is 4. The Hall–Kier alpha value is -3.70. The molecule has 2 atom stereocenters. The first-order valence-corrected chi connectivity index (χ1v) is 13.6. The van der Waals surface area contributed by atoms with Crippen LogP contribution in [0.1, 0.15) is 34.1 Å². The van der Waals surface area contributed by atoms with Gasteiger partial charge in [0, 0.05) is 17.6 Å². The number of nitrogens with one attached hydrogen (secondary N) is 1. The number of fused-ring (bicyclic) bond motifs is 1. The van der Waals surface area contributed by atoms with Crippen molar-refractivity contribution in [3.05, 3.63) is 40.4 Å². The fourth-order valence-electron chi connectivity index (χ4n) is 4.17. The summed E-state index contributed by atoms with van der Waals surface area (Å²) in [7, 11) is -5.38. The fraction of sp³-hybridized carbons (Fsp3) is 0.350. The smallest absolute Gasteiger partial charge is 0.526 e. The molecule has 5 N–H and O–H groups in total. The van der Waals surface area contributed by atoms with E-state index < -0.39 is 52.8 Å². The molecule has 4 amide bonds. The Labute approximate surface area is 215 Å². The molecule has 1 fully saturated rings. The molecular weight excluding hydrogens is 529 g/mol. The van der Waals surface area contributed by atoms with E-state index >= 15 is 0 Å². The van der Waals surface area contributed by atoms with Crippen molar-refractivity contribution in [1.82, 2.24) is 19.5 Å². The largest absolute Gasteiger partial charge is 0.535 e. The number of aromatic nitrogens is 1. The lowest BCUT2D eigenvalue weighted by molar-refractivity contribution is -0.121. The van der Waals surface area contributed by atoms with Gasteiger partial charge in [-0.1, -0.05) is 12.1 Å². The second kappa shape index (κ2) is 9.99. The minimum absolute atomic E-state index is 0.0197. The normalized spacial score (nSPS) is 18.3. The summed E-state index contributed by atoms with van der Waals surface area (Å²) in [4.78, 5) is 54.8. The molecule has 37 heavy (non-hydrogen) atoms. The molecule has 2 aliphatic heterocycles. The number of anilines is 1. The molecular formula is C20H22BN5O9S2. The summed E-state index contributed by atoms with van der Waals surface area (Å²) in [5.41, 5.74) is 6.17. The summed E-state index contributed by atoms with van der Waals surface area (Å²) < 4.78 is 29.5. The molecule has 0 spiro atoms. The van der Waals surface area contributed by atoms with Crippen LogP contribution >= 0.6 is 11.3 Å². The average Bonchev–Trinajstić information content (AvgIpc) is 3.42. The molecule has 1 saturated heterocycles. The number of Topliss-reactive ketones (excluding diaryl/α,β-unsaturated/α-hetero) is 1. The van der Waals surface area contributed by atoms with E-state index in [2.05, 4.69) is 10.3 Å². The predicted octanol–water partition coefficient (Wildman–Crippen LogP) is 0.316. The summed E-state index contributed by atoms with van der Waals surface area (Å²) in [5.74, 6) is -2.58. The SMILES string of the molecule is CS(=O)(=O)N1CCN(C(=O)NC(C(=O)C[C@H]2Cc3cccc(C(=O)O)c3OB2O)c2csc(N)n2)C1=O. The Morgan fingerprint density at radius 3 is 2.68 bits per heavy atom. The molecule has 2 aromatic rings. The van der Waals surface area contributed by atoms with Gasteiger partial charge in [-0.2, -0.15) is 0 Å². The zero-order valence-corrected chi connectivity index (χ0v) is 21.0. The topological polar surface area (TPSA) is 210 Å². The van der Waals surface area contributed by atoms with Crippen molar-refractivity contribution >= 4 is 57.4 Å². The quantitative estimate of drug-likeness (QED) is 0.344. The van der Waals surface area contributed by atoms with E-state index in [0.29, 0.717) is 14.8 Å². The number of rotatable bonds is 7. The minimum Gasteiger partial charge on any atom is -0.535 e. The number of carboxylic acid groups (broad SMARTS) is 1. The molecule has 3 heterocycles. The van der Waals surface area contributed by atoms with E-state index in [9.17, 15) is 37.7 Å². The van der Waals surface area contributed by atoms with Crippen LogP contribution in [0.5, 0.6) is 5.75 Å². The zero-order valence-electron chi connectivity index (χ0n) is 19.4. The van der Waals surface area contributed by atoms with Gasteiger partial charge in [0.1, 0.15) is 11.8 Å². The highest BCUT2D eigenvalue weighted by Gasteiger charge is 2.42. The third-order valence-corrected chi connectivity index (χ3v) is 7.79. The summed E-state index contributed by atoms with van der Waals surface area (Å²) in [6.07, 6.45) is 0.659. The van der Waals surface area contributed by atoms with Crippen LogP contribution in [0.2, 0.25) is 5.82 Å². The van der Waals surface area contributed by atoms with E-state index in [1.165, 1.54) is 17.5 Å². The first-order chi connectivity index (χ1) is 17.4. The first kappa shape index (κ1) is 26.4. The van der Waals surface area contributed by atoms with E-state index in [1.54, 1.807) is 6.07 Å². The number of hydrogen-bond acceptors (Lipinski definition) is 11. The maximum absolute atomic E-state index is 13.3. The van der Waals surface area contributed by atoms with Crippen molar-refractivity contribution in [3.8, 4) is 5.75 Å². The third-order valence-electron chi connectivity index (χ3n) is 5.96. The van der Waals surface area contributed by atoms with Gasteiger partial charge < -0.3 is 25.8 Å². The minimum atomic E-state index is -3.88. The summed E-state index contributed by atoms with van der Waals surface area (Å²) in [6, 6.07) is 1.07. The van der Waals surface area contributed by atoms with Crippen LogP contribution in [0.15, 0.2) is 23.6 Å². The Balaban J connectivity index is 1.53. The number of urea groups is 2. The number of sulfonamides is 1. The molecule has 4 rings (SSSR count). The van der Waals surface area contributed by atoms with E-state index in [-0.39, 0.29) is 48.1 Å². The monoisotopic (exact) mass is 551 g/mol. The molecule has 2 aliphatic rings. The van der Waals surface area contributed by atoms with Crippen LogP contribution in [0, 0.1) is 0 Å². The highest BCUT2D eigenvalue weighted by Crippen LogP contribution is 2.37.